The lowest BCUT2D eigenvalue weighted by Gasteiger charge is -2.28. The molecule has 2 aliphatic rings. The fourth-order valence-electron chi connectivity index (χ4n) is 4.70. The SMILES string of the molecule is CCC1(CC)Oc2ccc(C3CCC(CCc4ccccc4F)N3CO)cc2S1. The minimum absolute atomic E-state index is 0.0290. The summed E-state index contributed by atoms with van der Waals surface area (Å²) in [5.74, 6) is 0.843. The molecule has 3 nitrogen and oxygen atoms in total. The molecule has 0 spiro atoms. The Bertz CT molecular complexity index is 855. The molecule has 1 N–H and O–H groups in total. The summed E-state index contributed by atoms with van der Waals surface area (Å²) in [6.45, 7) is 4.38. The fourth-order valence-corrected chi connectivity index (χ4v) is 5.92. The van der Waals surface area contributed by atoms with Crippen LogP contribution >= 0.6 is 11.8 Å². The van der Waals surface area contributed by atoms with E-state index in [0.29, 0.717) is 6.42 Å². The predicted octanol–water partition coefficient (Wildman–Crippen LogP) is 5.91. The number of hydrogen-bond donors (Lipinski definition) is 1. The van der Waals surface area contributed by atoms with Crippen LogP contribution in [0.1, 0.15) is 63.1 Å². The van der Waals surface area contributed by atoms with Crippen LogP contribution in [0.2, 0.25) is 0 Å². The molecule has 2 aromatic carbocycles. The summed E-state index contributed by atoms with van der Waals surface area (Å²) in [7, 11) is 0. The van der Waals surface area contributed by atoms with E-state index in [2.05, 4.69) is 36.9 Å². The van der Waals surface area contributed by atoms with Crippen LogP contribution in [-0.4, -0.2) is 27.7 Å². The number of aliphatic hydroxyl groups excluding tert-OH is 1. The number of rotatable bonds is 7. The van der Waals surface area contributed by atoms with Crippen molar-refractivity contribution in [2.45, 2.75) is 74.3 Å². The number of fused-ring (bicyclic) bond motifs is 1. The van der Waals surface area contributed by atoms with E-state index in [1.54, 1.807) is 6.07 Å². The second-order valence-electron chi connectivity index (χ2n) is 8.06. The number of aliphatic hydroxyl groups is 1. The van der Waals surface area contributed by atoms with Crippen LogP contribution in [0.15, 0.2) is 47.4 Å². The first kappa shape index (κ1) is 20.7. The highest BCUT2D eigenvalue weighted by Gasteiger charge is 2.39. The number of hydrogen-bond acceptors (Lipinski definition) is 4. The number of halogens is 1. The summed E-state index contributed by atoms with van der Waals surface area (Å²) in [6.07, 6.45) is 5.54. The van der Waals surface area contributed by atoms with Crippen molar-refractivity contribution in [3.63, 3.8) is 0 Å². The number of nitrogens with zero attached hydrogens (tertiary/aromatic N) is 1. The number of aryl methyl sites for hydroxylation is 1. The zero-order valence-corrected chi connectivity index (χ0v) is 18.1. The topological polar surface area (TPSA) is 32.7 Å². The molecule has 2 aliphatic heterocycles. The molecule has 2 atom stereocenters. The average Bonchev–Trinajstić information content (AvgIpc) is 3.33. The van der Waals surface area contributed by atoms with Crippen molar-refractivity contribution in [3.05, 3.63) is 59.4 Å². The van der Waals surface area contributed by atoms with Gasteiger partial charge in [0.2, 0.25) is 0 Å². The molecule has 0 radical (unpaired) electrons. The lowest BCUT2D eigenvalue weighted by molar-refractivity contribution is 0.0595. The maximum Gasteiger partial charge on any atom is 0.158 e. The number of ether oxygens (including phenoxy) is 1. The van der Waals surface area contributed by atoms with Crippen LogP contribution in [0.4, 0.5) is 4.39 Å². The third-order valence-electron chi connectivity index (χ3n) is 6.53. The Labute approximate surface area is 177 Å². The van der Waals surface area contributed by atoms with Gasteiger partial charge >= 0.3 is 0 Å². The molecule has 2 aromatic rings. The maximum absolute atomic E-state index is 14.0. The van der Waals surface area contributed by atoms with Crippen LogP contribution in [0.3, 0.4) is 0 Å². The molecule has 0 saturated carbocycles. The molecule has 2 unspecified atom stereocenters. The number of thioether (sulfide) groups is 1. The molecule has 1 saturated heterocycles. The Hall–Kier alpha value is -1.56. The van der Waals surface area contributed by atoms with E-state index < -0.39 is 0 Å². The van der Waals surface area contributed by atoms with Crippen molar-refractivity contribution < 1.29 is 14.2 Å². The van der Waals surface area contributed by atoms with Gasteiger partial charge in [0.15, 0.2) is 4.93 Å². The van der Waals surface area contributed by atoms with Crippen LogP contribution in [0.5, 0.6) is 5.75 Å². The van der Waals surface area contributed by atoms with E-state index >= 15 is 0 Å². The van der Waals surface area contributed by atoms with Gasteiger partial charge in [-0.15, -0.1) is 0 Å². The van der Waals surface area contributed by atoms with Gasteiger partial charge < -0.3 is 9.84 Å². The highest BCUT2D eigenvalue weighted by Crippen LogP contribution is 2.52. The summed E-state index contributed by atoms with van der Waals surface area (Å²) in [5.41, 5.74) is 2.00. The highest BCUT2D eigenvalue weighted by molar-refractivity contribution is 8.00. The highest BCUT2D eigenvalue weighted by atomic mass is 32.2. The Morgan fingerprint density at radius 2 is 1.97 bits per heavy atom. The van der Waals surface area contributed by atoms with Crippen molar-refractivity contribution in [2.24, 2.45) is 0 Å². The third-order valence-corrected chi connectivity index (χ3v) is 8.10. The molecule has 1 fully saturated rings. The average molecular weight is 416 g/mol. The fraction of sp³-hybridized carbons (Fsp3) is 0.500. The Kier molecular flexibility index (Phi) is 6.19. The Balaban J connectivity index is 1.47. The van der Waals surface area contributed by atoms with E-state index in [-0.39, 0.29) is 29.6 Å². The van der Waals surface area contributed by atoms with Gasteiger partial charge in [-0.1, -0.05) is 49.9 Å². The zero-order valence-electron chi connectivity index (χ0n) is 17.2. The lowest BCUT2D eigenvalue weighted by atomic mass is 10.0. The predicted molar refractivity (Wildman–Crippen MR) is 116 cm³/mol. The standard InChI is InChI=1S/C24H30FNO2S/c1-3-24(4-2)28-22-14-10-18(15-23(22)29-24)21-13-12-19(26(21)16-27)11-9-17-7-5-6-8-20(17)25/h5-8,10,14-15,19,21,27H,3-4,9,11-13,16H2,1-2H3. The molecule has 0 aliphatic carbocycles. The normalized spacial score (nSPS) is 23.2. The van der Waals surface area contributed by atoms with E-state index in [0.717, 1.165) is 43.4 Å². The Morgan fingerprint density at radius 1 is 1.17 bits per heavy atom. The van der Waals surface area contributed by atoms with Gasteiger partial charge in [0.1, 0.15) is 11.6 Å². The summed E-state index contributed by atoms with van der Waals surface area (Å²) < 4.78 is 20.2. The van der Waals surface area contributed by atoms with E-state index in [1.807, 2.05) is 23.9 Å². The van der Waals surface area contributed by atoms with E-state index in [9.17, 15) is 9.50 Å². The van der Waals surface area contributed by atoms with Gasteiger partial charge in [0.25, 0.3) is 0 Å². The molecular weight excluding hydrogens is 385 g/mol. The first-order valence-corrected chi connectivity index (χ1v) is 11.5. The van der Waals surface area contributed by atoms with Crippen molar-refractivity contribution in [3.8, 4) is 5.75 Å². The molecule has 0 amide bonds. The molecular formula is C24H30FNO2S. The third kappa shape index (κ3) is 4.05. The minimum Gasteiger partial charge on any atom is -0.475 e. The molecule has 29 heavy (non-hydrogen) atoms. The van der Waals surface area contributed by atoms with E-state index in [1.165, 1.54) is 16.5 Å². The van der Waals surface area contributed by atoms with Gasteiger partial charge in [-0.3, -0.25) is 4.90 Å². The lowest BCUT2D eigenvalue weighted by Crippen LogP contribution is -2.33. The number of likely N-dealkylation sites (tertiary alicyclic amines) is 1. The van der Waals surface area contributed by atoms with Gasteiger partial charge in [-0.05, 0) is 67.9 Å². The summed E-state index contributed by atoms with van der Waals surface area (Å²) in [4.78, 5) is 3.24. The Morgan fingerprint density at radius 3 is 2.69 bits per heavy atom. The summed E-state index contributed by atoms with van der Waals surface area (Å²) in [6, 6.07) is 14.0. The van der Waals surface area contributed by atoms with Gasteiger partial charge in [0, 0.05) is 12.1 Å². The summed E-state index contributed by atoms with van der Waals surface area (Å²) >= 11 is 1.83. The smallest absolute Gasteiger partial charge is 0.158 e. The molecule has 0 aromatic heterocycles. The molecule has 156 valence electrons. The van der Waals surface area contributed by atoms with Crippen LogP contribution in [0.25, 0.3) is 0 Å². The maximum atomic E-state index is 14.0. The first-order valence-electron chi connectivity index (χ1n) is 10.7. The van der Waals surface area contributed by atoms with Crippen molar-refractivity contribution in [1.82, 2.24) is 4.90 Å². The van der Waals surface area contributed by atoms with Gasteiger partial charge in [-0.25, -0.2) is 4.39 Å². The molecule has 4 rings (SSSR count). The largest absolute Gasteiger partial charge is 0.475 e. The molecule has 2 heterocycles. The van der Waals surface area contributed by atoms with Crippen molar-refractivity contribution in [1.29, 1.82) is 0 Å². The molecule has 0 bridgehead atoms. The van der Waals surface area contributed by atoms with Crippen LogP contribution in [0, 0.1) is 5.82 Å². The molecule has 5 heteroatoms. The monoisotopic (exact) mass is 415 g/mol. The van der Waals surface area contributed by atoms with Crippen molar-refractivity contribution in [2.75, 3.05) is 6.73 Å². The van der Waals surface area contributed by atoms with Crippen LogP contribution in [-0.2, 0) is 6.42 Å². The minimum atomic E-state index is -0.143. The summed E-state index contributed by atoms with van der Waals surface area (Å²) in [5, 5.41) is 10.1. The van der Waals surface area contributed by atoms with Gasteiger partial charge in [0.05, 0.1) is 11.6 Å². The van der Waals surface area contributed by atoms with Crippen molar-refractivity contribution >= 4 is 11.8 Å². The quantitative estimate of drug-likeness (QED) is 0.609. The van der Waals surface area contributed by atoms with Crippen LogP contribution < -0.4 is 4.74 Å². The number of benzene rings is 2. The first-order chi connectivity index (χ1) is 14.1. The van der Waals surface area contributed by atoms with Gasteiger partial charge in [-0.2, -0.15) is 0 Å². The zero-order chi connectivity index (χ0) is 20.4. The second kappa shape index (κ2) is 8.66. The van der Waals surface area contributed by atoms with E-state index in [4.69, 9.17) is 4.74 Å². The second-order valence-corrected chi connectivity index (χ2v) is 9.45.